The quantitative estimate of drug-likeness (QED) is 0.419. The molecule has 2 N–H and O–H groups in total. The first-order valence-corrected chi connectivity index (χ1v) is 9.46. The Hall–Kier alpha value is -3.93. The summed E-state index contributed by atoms with van der Waals surface area (Å²) in [4.78, 5) is 17.4. The van der Waals surface area contributed by atoms with E-state index in [1.54, 1.807) is 12.1 Å². The van der Waals surface area contributed by atoms with E-state index in [0.717, 1.165) is 32.8 Å². The lowest BCUT2D eigenvalue weighted by Gasteiger charge is -2.21. The van der Waals surface area contributed by atoms with Crippen LogP contribution in [0.1, 0.15) is 16.1 Å². The van der Waals surface area contributed by atoms with Crippen molar-refractivity contribution in [3.8, 4) is 11.3 Å². The molecule has 1 amide bonds. The topological polar surface area (TPSA) is 81.0 Å². The molecule has 0 radical (unpaired) electrons. The zero-order chi connectivity index (χ0) is 19.8. The van der Waals surface area contributed by atoms with Crippen molar-refractivity contribution < 1.29 is 9.52 Å². The molecule has 0 unspecified atom stereocenters. The summed E-state index contributed by atoms with van der Waals surface area (Å²) in [5, 5.41) is 19.2. The molecule has 5 rings (SSSR count). The molecule has 0 atom stereocenters. The number of nitrogens with zero attached hydrogens (tertiary/aromatic N) is 2. The van der Waals surface area contributed by atoms with Gasteiger partial charge in [0.15, 0.2) is 6.20 Å². The number of rotatable bonds is 3. The summed E-state index contributed by atoms with van der Waals surface area (Å²) in [5.41, 5.74) is 5.13. The molecule has 29 heavy (non-hydrogen) atoms. The average Bonchev–Trinajstić information content (AvgIpc) is 2.75. The Bertz CT molecular complexity index is 1240. The number of hydrogen-bond acceptors (Lipinski definition) is 4. The number of amides is 1. The minimum absolute atomic E-state index is 0.139. The second-order valence-electron chi connectivity index (χ2n) is 6.95. The molecule has 3 heterocycles. The zero-order valence-corrected chi connectivity index (χ0v) is 15.6. The third-order valence-corrected chi connectivity index (χ3v) is 5.11. The van der Waals surface area contributed by atoms with E-state index in [4.69, 9.17) is 4.98 Å². The minimum atomic E-state index is -0.139. The van der Waals surface area contributed by atoms with Crippen molar-refractivity contribution in [1.29, 1.82) is 0 Å². The van der Waals surface area contributed by atoms with Crippen molar-refractivity contribution in [3.63, 3.8) is 0 Å². The normalized spacial score (nSPS) is 13.0. The Labute approximate surface area is 167 Å². The standard InChI is InChI=1S/C23H18N4O2/c28-23-22-18(11-12-24-23)26-19(15-6-2-1-3-7-15)14-20(22)25-17-9-4-10-21-16(17)8-5-13-27(21)29/h1-10,13-14H,11-12H2,(H,24,28)(H,25,26). The van der Waals surface area contributed by atoms with Gasteiger partial charge in [-0.1, -0.05) is 36.4 Å². The maximum absolute atomic E-state index is 12.6. The highest BCUT2D eigenvalue weighted by Gasteiger charge is 2.24. The largest absolute Gasteiger partial charge is 0.618 e. The summed E-state index contributed by atoms with van der Waals surface area (Å²) >= 11 is 0. The first kappa shape index (κ1) is 17.2. The molecule has 0 fully saturated rings. The number of anilines is 2. The second-order valence-corrected chi connectivity index (χ2v) is 6.95. The Balaban J connectivity index is 1.68. The summed E-state index contributed by atoms with van der Waals surface area (Å²) < 4.78 is 0.838. The first-order valence-electron chi connectivity index (χ1n) is 9.46. The lowest BCUT2D eigenvalue weighted by atomic mass is 10.0. The molecule has 0 bridgehead atoms. The maximum Gasteiger partial charge on any atom is 0.255 e. The van der Waals surface area contributed by atoms with Crippen molar-refractivity contribution in [2.75, 3.05) is 11.9 Å². The van der Waals surface area contributed by atoms with Gasteiger partial charge in [-0.25, -0.2) is 0 Å². The first-order chi connectivity index (χ1) is 14.2. The number of pyridine rings is 2. The molecule has 6 nitrogen and oxygen atoms in total. The van der Waals surface area contributed by atoms with E-state index in [0.29, 0.717) is 29.7 Å². The van der Waals surface area contributed by atoms with Gasteiger partial charge >= 0.3 is 0 Å². The number of hydrogen-bond donors (Lipinski definition) is 2. The molecule has 0 saturated heterocycles. The van der Waals surface area contributed by atoms with Gasteiger partial charge in [0.25, 0.3) is 5.91 Å². The van der Waals surface area contributed by atoms with E-state index in [2.05, 4.69) is 10.6 Å². The van der Waals surface area contributed by atoms with E-state index in [1.807, 2.05) is 54.6 Å². The van der Waals surface area contributed by atoms with Crippen molar-refractivity contribution >= 4 is 28.2 Å². The van der Waals surface area contributed by atoms with Crippen molar-refractivity contribution in [2.24, 2.45) is 0 Å². The minimum Gasteiger partial charge on any atom is -0.618 e. The third-order valence-electron chi connectivity index (χ3n) is 5.11. The zero-order valence-electron chi connectivity index (χ0n) is 15.6. The van der Waals surface area contributed by atoms with E-state index in [9.17, 15) is 10.0 Å². The molecular formula is C23H18N4O2. The molecule has 1 aliphatic heterocycles. The van der Waals surface area contributed by atoms with Crippen molar-refractivity contribution in [2.45, 2.75) is 6.42 Å². The van der Waals surface area contributed by atoms with E-state index in [1.165, 1.54) is 6.20 Å². The SMILES string of the molecule is O=C1NCCc2nc(-c3ccccc3)cc(Nc3cccc4c3ccc[n+]4[O-])c21. The predicted molar refractivity (Wildman–Crippen MR) is 112 cm³/mol. The van der Waals surface area contributed by atoms with Gasteiger partial charge < -0.3 is 15.8 Å². The fraction of sp³-hybridized carbons (Fsp3) is 0.0870. The highest BCUT2D eigenvalue weighted by Crippen LogP contribution is 2.32. The van der Waals surface area contributed by atoms with Gasteiger partial charge in [-0.2, -0.15) is 4.73 Å². The van der Waals surface area contributed by atoms with Crippen LogP contribution in [0, 0.1) is 5.21 Å². The highest BCUT2D eigenvalue weighted by atomic mass is 16.5. The molecule has 142 valence electrons. The number of benzene rings is 2. The molecule has 1 aliphatic rings. The molecule has 0 spiro atoms. The van der Waals surface area contributed by atoms with Crippen LogP contribution in [0.4, 0.5) is 11.4 Å². The Morgan fingerprint density at radius 2 is 1.86 bits per heavy atom. The van der Waals surface area contributed by atoms with Crippen LogP contribution in [0.25, 0.3) is 22.2 Å². The Morgan fingerprint density at radius 1 is 1.00 bits per heavy atom. The summed E-state index contributed by atoms with van der Waals surface area (Å²) in [6, 6.07) is 20.9. The molecule has 2 aromatic carbocycles. The molecule has 2 aromatic heterocycles. The van der Waals surface area contributed by atoms with Gasteiger partial charge in [0.05, 0.1) is 33.7 Å². The molecule has 4 aromatic rings. The van der Waals surface area contributed by atoms with Crippen LogP contribution in [0.15, 0.2) is 72.9 Å². The van der Waals surface area contributed by atoms with Crippen LogP contribution in [-0.2, 0) is 6.42 Å². The highest BCUT2D eigenvalue weighted by molar-refractivity contribution is 6.04. The van der Waals surface area contributed by atoms with Gasteiger partial charge in [0, 0.05) is 30.7 Å². The lowest BCUT2D eigenvalue weighted by molar-refractivity contribution is -0.577. The maximum atomic E-state index is 12.6. The van der Waals surface area contributed by atoms with Crippen LogP contribution in [-0.4, -0.2) is 17.4 Å². The number of carbonyl (C=O) groups is 1. The summed E-state index contributed by atoms with van der Waals surface area (Å²) in [5.74, 6) is -0.139. The average molecular weight is 382 g/mol. The van der Waals surface area contributed by atoms with Gasteiger partial charge in [-0.3, -0.25) is 9.78 Å². The van der Waals surface area contributed by atoms with Crippen LogP contribution in [0.3, 0.4) is 0 Å². The fourth-order valence-corrected chi connectivity index (χ4v) is 3.74. The summed E-state index contributed by atoms with van der Waals surface area (Å²) in [6.45, 7) is 0.570. The molecule has 0 aliphatic carbocycles. The third kappa shape index (κ3) is 3.04. The van der Waals surface area contributed by atoms with Crippen LogP contribution >= 0.6 is 0 Å². The van der Waals surface area contributed by atoms with E-state index < -0.39 is 0 Å². The molecular weight excluding hydrogens is 364 g/mol. The number of aromatic nitrogens is 2. The number of carbonyl (C=O) groups excluding carboxylic acids is 1. The predicted octanol–water partition coefficient (Wildman–Crippen LogP) is 3.56. The van der Waals surface area contributed by atoms with Crippen LogP contribution in [0.2, 0.25) is 0 Å². The fourth-order valence-electron chi connectivity index (χ4n) is 3.74. The van der Waals surface area contributed by atoms with Gasteiger partial charge in [0.2, 0.25) is 5.52 Å². The molecule has 0 saturated carbocycles. The molecule has 6 heteroatoms. The second kappa shape index (κ2) is 6.91. The Kier molecular flexibility index (Phi) is 4.09. The van der Waals surface area contributed by atoms with Crippen LogP contribution in [0.5, 0.6) is 0 Å². The smallest absolute Gasteiger partial charge is 0.255 e. The van der Waals surface area contributed by atoms with Crippen molar-refractivity contribution in [3.05, 3.63) is 89.4 Å². The number of nitrogens with one attached hydrogen (secondary N) is 2. The van der Waals surface area contributed by atoms with Gasteiger partial charge in [-0.05, 0) is 18.2 Å². The summed E-state index contributed by atoms with van der Waals surface area (Å²) in [7, 11) is 0. The van der Waals surface area contributed by atoms with Crippen molar-refractivity contribution in [1.82, 2.24) is 10.3 Å². The monoisotopic (exact) mass is 382 g/mol. The van der Waals surface area contributed by atoms with Crippen LogP contribution < -0.4 is 15.4 Å². The van der Waals surface area contributed by atoms with E-state index in [-0.39, 0.29) is 5.91 Å². The lowest BCUT2D eigenvalue weighted by Crippen LogP contribution is -2.33. The van der Waals surface area contributed by atoms with E-state index >= 15 is 0 Å². The number of fused-ring (bicyclic) bond motifs is 2. The van der Waals surface area contributed by atoms with Gasteiger partial charge in [-0.15, -0.1) is 0 Å². The summed E-state index contributed by atoms with van der Waals surface area (Å²) in [6.07, 6.45) is 2.15. The Morgan fingerprint density at radius 3 is 2.72 bits per heavy atom. The van der Waals surface area contributed by atoms with Gasteiger partial charge in [0.1, 0.15) is 0 Å².